The Morgan fingerprint density at radius 3 is 1.48 bits per heavy atom. The summed E-state index contributed by atoms with van der Waals surface area (Å²) in [6.45, 7) is 17.0. The molecule has 0 fully saturated rings. The molecule has 0 atom stereocenters. The minimum absolute atomic E-state index is 0.0417. The standard InChI is InChI=1S/C87H66B2N4O/c1-52-47-64-78-72(48-52)93-81-60-32-18-24-38-74(60)94-84(81)76-71(46-44-69(83(76)93)89(78)66-36-22-20-34-62(66)85(64,2)3)91(57-29-15-10-16-30-57)58-41-39-53(40-42-58)49-54-50-65-79-73(51-54)92-80-59-31-17-19-33-61(59)87(6,7)77(80)75-70(90(55-25-11-8-12-26-55)56-27-13-9-14-28-56)45-43-68(82(75)92)88(79)67-37-23-21-35-63(67)86(65,4)5/h8-48,50-51H,49H2,1-7H3. The predicted molar refractivity (Wildman–Crippen MR) is 395 cm³/mol. The van der Waals surface area contributed by atoms with Crippen LogP contribution in [0.1, 0.15) is 91.6 Å². The van der Waals surface area contributed by atoms with Crippen LogP contribution in [-0.4, -0.2) is 22.6 Å². The van der Waals surface area contributed by atoms with Gasteiger partial charge in [0.25, 0.3) is 0 Å². The number of hydrogen-bond donors (Lipinski definition) is 0. The van der Waals surface area contributed by atoms with E-state index in [1.807, 2.05) is 0 Å². The largest absolute Gasteiger partial charge is 0.454 e. The molecule has 0 bridgehead atoms. The Kier molecular flexibility index (Phi) is 10.9. The molecule has 0 amide bonds. The normalized spacial score (nSPS) is 15.0. The highest BCUT2D eigenvalue weighted by Crippen LogP contribution is 2.58. The summed E-state index contributed by atoms with van der Waals surface area (Å²) in [4.78, 5) is 4.97. The van der Waals surface area contributed by atoms with E-state index in [4.69, 9.17) is 4.42 Å². The third kappa shape index (κ3) is 7.01. The minimum atomic E-state index is -0.298. The van der Waals surface area contributed by atoms with Gasteiger partial charge in [-0.3, -0.25) is 0 Å². The van der Waals surface area contributed by atoms with Crippen LogP contribution in [0.5, 0.6) is 0 Å². The van der Waals surface area contributed by atoms with Crippen molar-refractivity contribution in [2.24, 2.45) is 0 Å². The number of benzene rings is 12. The van der Waals surface area contributed by atoms with Gasteiger partial charge in [0.1, 0.15) is 11.1 Å². The van der Waals surface area contributed by atoms with Gasteiger partial charge in [0.2, 0.25) is 13.4 Å². The maximum absolute atomic E-state index is 7.24. The molecule has 7 heterocycles. The number of rotatable bonds is 8. The summed E-state index contributed by atoms with van der Waals surface area (Å²) >= 11 is 0. The summed E-state index contributed by atoms with van der Waals surface area (Å²) in [6, 6.07) is 98.5. The van der Waals surface area contributed by atoms with Crippen LogP contribution in [0.2, 0.25) is 0 Å². The first-order valence-electron chi connectivity index (χ1n) is 33.5. The third-order valence-corrected chi connectivity index (χ3v) is 22.6. The summed E-state index contributed by atoms with van der Waals surface area (Å²) in [5.74, 6) is 0. The van der Waals surface area contributed by atoms with Gasteiger partial charge in [-0.25, -0.2) is 0 Å². The molecule has 4 aliphatic heterocycles. The molecule has 0 radical (unpaired) electrons. The Morgan fingerprint density at radius 2 is 0.872 bits per heavy atom. The van der Waals surface area contributed by atoms with E-state index in [-0.39, 0.29) is 29.7 Å². The second kappa shape index (κ2) is 19.0. The van der Waals surface area contributed by atoms with Crippen LogP contribution in [0.25, 0.3) is 66.5 Å². The first-order valence-corrected chi connectivity index (χ1v) is 33.5. The van der Waals surface area contributed by atoms with Crippen molar-refractivity contribution in [2.45, 2.75) is 71.1 Å². The maximum Gasteiger partial charge on any atom is 0.247 e. The highest BCUT2D eigenvalue weighted by molar-refractivity contribution is 6.99. The van der Waals surface area contributed by atoms with Crippen molar-refractivity contribution in [3.8, 4) is 22.6 Å². The first kappa shape index (κ1) is 53.9. The van der Waals surface area contributed by atoms with Crippen LogP contribution < -0.4 is 42.6 Å². The number of anilines is 6. The highest BCUT2D eigenvalue weighted by Gasteiger charge is 2.51. The maximum atomic E-state index is 7.24. The number of hydrogen-bond acceptors (Lipinski definition) is 3. The molecule has 5 nitrogen and oxygen atoms in total. The molecule has 1 aliphatic carbocycles. The summed E-state index contributed by atoms with van der Waals surface area (Å²) in [5.41, 5.74) is 37.0. The fourth-order valence-corrected chi connectivity index (χ4v) is 18.6. The Labute approximate surface area is 549 Å². The van der Waals surface area contributed by atoms with Crippen LogP contribution in [0.15, 0.2) is 265 Å². The van der Waals surface area contributed by atoms with E-state index in [1.54, 1.807) is 0 Å². The second-order valence-electron chi connectivity index (χ2n) is 28.8. The topological polar surface area (TPSA) is 29.5 Å². The van der Waals surface area contributed by atoms with Crippen LogP contribution >= 0.6 is 0 Å². The van der Waals surface area contributed by atoms with Crippen molar-refractivity contribution in [1.29, 1.82) is 0 Å². The lowest BCUT2D eigenvalue weighted by molar-refractivity contribution is 0.644. The molecule has 5 aliphatic rings. The van der Waals surface area contributed by atoms with Crippen molar-refractivity contribution in [1.82, 2.24) is 9.13 Å². The number of aryl methyl sites for hydroxylation is 1. The molecule has 12 aromatic carbocycles. The van der Waals surface area contributed by atoms with Crippen LogP contribution in [0.4, 0.5) is 34.1 Å². The molecule has 0 saturated heterocycles. The lowest BCUT2D eigenvalue weighted by Gasteiger charge is -2.42. The highest BCUT2D eigenvalue weighted by atomic mass is 16.3. The van der Waals surface area contributed by atoms with E-state index in [1.165, 1.54) is 128 Å². The first-order chi connectivity index (χ1) is 45.9. The fraction of sp³-hybridized carbons (Fsp3) is 0.126. The van der Waals surface area contributed by atoms with Crippen LogP contribution in [0, 0.1) is 6.92 Å². The van der Waals surface area contributed by atoms with Gasteiger partial charge in [-0.05, 0) is 170 Å². The molecular formula is C87H66B2N4O. The summed E-state index contributed by atoms with van der Waals surface area (Å²) < 4.78 is 12.6. The van der Waals surface area contributed by atoms with E-state index in [0.29, 0.717) is 0 Å². The number of para-hydroxylation sites is 4. The molecule has 446 valence electrons. The number of fused-ring (bicyclic) bond motifs is 18. The number of nitrogens with zero attached hydrogens (tertiary/aromatic N) is 4. The van der Waals surface area contributed by atoms with Crippen LogP contribution in [0.3, 0.4) is 0 Å². The molecule has 20 rings (SSSR count). The zero-order valence-electron chi connectivity index (χ0n) is 53.9. The second-order valence-corrected chi connectivity index (χ2v) is 28.8. The Morgan fingerprint density at radius 1 is 0.383 bits per heavy atom. The van der Waals surface area contributed by atoms with E-state index in [9.17, 15) is 0 Å². The summed E-state index contributed by atoms with van der Waals surface area (Å²) in [7, 11) is 0. The molecule has 3 aromatic heterocycles. The van der Waals surface area contributed by atoms with Gasteiger partial charge >= 0.3 is 0 Å². The minimum Gasteiger partial charge on any atom is -0.454 e. The van der Waals surface area contributed by atoms with Gasteiger partial charge in [0.05, 0.1) is 33.5 Å². The lowest BCUT2D eigenvalue weighted by Crippen LogP contribution is -2.63. The smallest absolute Gasteiger partial charge is 0.247 e. The lowest BCUT2D eigenvalue weighted by atomic mass is 9.30. The molecule has 0 spiro atoms. The van der Waals surface area contributed by atoms with Crippen LogP contribution in [-0.2, 0) is 22.7 Å². The SMILES string of the molecule is Cc1cc2c3c(c1)C(C)(C)c1ccccc1B3c1ccc(N(c3ccccc3)c3ccc(Cc4cc5c6c(c4)C(C)(C)c4ccccc4B6c4ccc(N(c6ccccc6)c6ccccc6)c6c7c(n-5c46)-c4ccccc4C7(C)C)cc3)c3c4oc5ccccc5c4n-2c13. The van der Waals surface area contributed by atoms with Crippen molar-refractivity contribution in [2.75, 3.05) is 9.80 Å². The predicted octanol–water partition coefficient (Wildman–Crippen LogP) is 17.6. The molecule has 0 unspecified atom stereocenters. The van der Waals surface area contributed by atoms with Gasteiger partial charge < -0.3 is 23.4 Å². The molecule has 0 N–H and O–H groups in total. The third-order valence-electron chi connectivity index (χ3n) is 22.6. The van der Waals surface area contributed by atoms with E-state index in [2.05, 4.69) is 328 Å². The fourth-order valence-electron chi connectivity index (χ4n) is 18.6. The molecular weight excluding hydrogens is 1140 g/mol. The Bertz CT molecular complexity index is 5730. The molecule has 94 heavy (non-hydrogen) atoms. The average Bonchev–Trinajstić information content (AvgIpc) is 1.44. The van der Waals surface area contributed by atoms with E-state index >= 15 is 0 Å². The van der Waals surface area contributed by atoms with Crippen molar-refractivity contribution in [3.05, 3.63) is 311 Å². The van der Waals surface area contributed by atoms with Gasteiger partial charge in [-0.2, -0.15) is 0 Å². The quantitative estimate of drug-likeness (QED) is 0.142. The van der Waals surface area contributed by atoms with E-state index in [0.717, 1.165) is 62.3 Å². The van der Waals surface area contributed by atoms with Crippen molar-refractivity contribution < 1.29 is 4.42 Å². The number of aromatic nitrogens is 2. The zero-order valence-corrected chi connectivity index (χ0v) is 53.9. The van der Waals surface area contributed by atoms with Gasteiger partial charge in [-0.15, -0.1) is 0 Å². The Hall–Kier alpha value is -10.8. The van der Waals surface area contributed by atoms with Crippen molar-refractivity contribution >= 4 is 124 Å². The molecule has 0 saturated carbocycles. The van der Waals surface area contributed by atoms with Gasteiger partial charge in [-0.1, -0.05) is 228 Å². The van der Waals surface area contributed by atoms with E-state index < -0.39 is 0 Å². The van der Waals surface area contributed by atoms with Crippen molar-refractivity contribution in [3.63, 3.8) is 0 Å². The van der Waals surface area contributed by atoms with Gasteiger partial charge in [0, 0.05) is 66.7 Å². The zero-order chi connectivity index (χ0) is 62.8. The number of furan rings is 1. The molecule has 7 heteroatoms. The van der Waals surface area contributed by atoms with Gasteiger partial charge in [0.15, 0.2) is 5.58 Å². The molecule has 15 aromatic rings. The monoisotopic (exact) mass is 1200 g/mol. The average molecular weight is 1210 g/mol. The summed E-state index contributed by atoms with van der Waals surface area (Å²) in [5, 5.41) is 3.56. The summed E-state index contributed by atoms with van der Waals surface area (Å²) in [6.07, 6.45) is 0.757. The Balaban J connectivity index is 0.783.